The average Bonchev–Trinajstić information content (AvgIpc) is 3.84. The number of carbonyl (C=O) groups is 2. The zero-order valence-electron chi connectivity index (χ0n) is 41.5. The molecule has 2 atom stereocenters. The summed E-state index contributed by atoms with van der Waals surface area (Å²) in [6.07, 6.45) is 2.81. The molecule has 1 spiro atoms. The molecule has 1 aromatic heterocycles. The molecule has 2 N–H and O–H groups in total. The van der Waals surface area contributed by atoms with E-state index in [0.717, 1.165) is 50.4 Å². The fourth-order valence-electron chi connectivity index (χ4n) is 3.93. The van der Waals surface area contributed by atoms with Crippen LogP contribution in [-0.4, -0.2) is 64.5 Å². The number of rotatable bonds is 5. The fraction of sp³-hybridized carbons (Fsp3) is 0.745. The second-order valence-electron chi connectivity index (χ2n) is 14.2. The van der Waals surface area contributed by atoms with Gasteiger partial charge in [0.25, 0.3) is 0 Å². The first-order valence-electron chi connectivity index (χ1n) is 21.4. The average molecular weight is 1160 g/mol. The van der Waals surface area contributed by atoms with Crippen LogP contribution in [-0.2, 0) is 56.6 Å². The van der Waals surface area contributed by atoms with Gasteiger partial charge in [0.1, 0.15) is 11.9 Å². The minimum absolute atomic E-state index is 0. The van der Waals surface area contributed by atoms with Crippen LogP contribution in [0.3, 0.4) is 0 Å². The number of oxime groups is 1. The Morgan fingerprint density at radius 2 is 1.21 bits per heavy atom. The van der Waals surface area contributed by atoms with Gasteiger partial charge in [-0.25, -0.2) is 0 Å². The minimum Gasteiger partial charge on any atom is -0.425 e. The van der Waals surface area contributed by atoms with Crippen molar-refractivity contribution >= 4 is 17.5 Å². The van der Waals surface area contributed by atoms with Gasteiger partial charge in [-0.1, -0.05) is 141 Å². The Bertz CT molecular complexity index is 981. The van der Waals surface area contributed by atoms with Crippen LogP contribution < -0.4 is 5.32 Å². The zero-order chi connectivity index (χ0) is 46.2. The predicted molar refractivity (Wildman–Crippen MR) is 247 cm³/mol. The van der Waals surface area contributed by atoms with Crippen molar-refractivity contribution in [2.75, 3.05) is 19.6 Å². The molecule has 58 heavy (non-hydrogen) atoms. The number of hydrogen-bond donors (Lipinski definition) is 2. The first-order valence-corrected chi connectivity index (χ1v) is 21.4. The number of aryl methyl sites for hydroxylation is 1. The number of imide groups is 1. The second kappa shape index (κ2) is 52.3. The number of carbonyl (C=O) groups excluding carboxylic acids is 2. The summed E-state index contributed by atoms with van der Waals surface area (Å²) in [7, 11) is 0. The summed E-state index contributed by atoms with van der Waals surface area (Å²) in [5.74, 6) is 3.23. The maximum absolute atomic E-state index is 11.5. The normalized spacial score (nSPS) is 15.2. The third kappa shape index (κ3) is 47.8. The third-order valence-electron chi connectivity index (χ3n) is 6.43. The molecule has 2 fully saturated rings. The molecular formula is C47H96N4O5W2-6. The summed E-state index contributed by atoms with van der Waals surface area (Å²) in [4.78, 5) is 29.8. The molecule has 0 radical (unpaired) electrons. The number of aliphatic hydroxyl groups excluding tert-OH is 1. The Hall–Kier alpha value is -0.883. The number of aromatic nitrogens is 1. The molecule has 0 bridgehead atoms. The Kier molecular flexibility index (Phi) is 70.0. The van der Waals surface area contributed by atoms with Crippen molar-refractivity contribution in [1.29, 1.82) is 0 Å². The molecule has 3 aliphatic rings. The van der Waals surface area contributed by atoms with Gasteiger partial charge in [0.15, 0.2) is 0 Å². The van der Waals surface area contributed by atoms with Gasteiger partial charge < -0.3 is 73.8 Å². The number of amides is 2. The van der Waals surface area contributed by atoms with Crippen molar-refractivity contribution in [3.63, 3.8) is 0 Å². The molecule has 0 aliphatic carbocycles. The van der Waals surface area contributed by atoms with E-state index >= 15 is 0 Å². The van der Waals surface area contributed by atoms with Crippen molar-refractivity contribution in [2.24, 2.45) is 34.2 Å². The van der Waals surface area contributed by atoms with Crippen molar-refractivity contribution in [2.45, 2.75) is 182 Å². The zero-order valence-corrected chi connectivity index (χ0v) is 47.4. The van der Waals surface area contributed by atoms with Gasteiger partial charge >= 0.3 is 0 Å². The van der Waals surface area contributed by atoms with Gasteiger partial charge in [-0.15, -0.1) is 0 Å². The summed E-state index contributed by atoms with van der Waals surface area (Å²) in [5, 5.41) is 18.7. The molecule has 1 aromatic rings. The molecule has 2 saturated heterocycles. The predicted octanol–water partition coefficient (Wildman–Crippen LogP) is 12.4. The van der Waals surface area contributed by atoms with E-state index in [1.807, 2.05) is 89.2 Å². The summed E-state index contributed by atoms with van der Waals surface area (Å²) < 4.78 is 4.88. The molecule has 0 saturated carbocycles. The quantitative estimate of drug-likeness (QED) is 0.223. The second-order valence-corrected chi connectivity index (χ2v) is 14.2. The van der Waals surface area contributed by atoms with E-state index in [-0.39, 0.29) is 59.4 Å². The van der Waals surface area contributed by atoms with Gasteiger partial charge in [-0.2, -0.15) is 5.92 Å². The van der Waals surface area contributed by atoms with Crippen molar-refractivity contribution in [3.05, 3.63) is 59.1 Å². The number of aliphatic hydroxyl groups is 1. The molecule has 2 amide bonds. The molecular weight excluding hydrogens is 1070 g/mol. The van der Waals surface area contributed by atoms with Crippen LogP contribution in [0, 0.1) is 77.6 Å². The Balaban J connectivity index is -0.0000000703. The molecule has 2 unspecified atom stereocenters. The van der Waals surface area contributed by atoms with Crippen LogP contribution in [0.1, 0.15) is 175 Å². The molecule has 3 aliphatic heterocycles. The van der Waals surface area contributed by atoms with E-state index in [9.17, 15) is 9.59 Å². The molecule has 4 heterocycles. The van der Waals surface area contributed by atoms with Crippen LogP contribution in [0.4, 0.5) is 0 Å². The van der Waals surface area contributed by atoms with E-state index < -0.39 is 6.10 Å². The molecule has 0 aromatic carbocycles. The van der Waals surface area contributed by atoms with Crippen LogP contribution in [0.5, 0.6) is 0 Å². The van der Waals surface area contributed by atoms with Crippen molar-refractivity contribution in [3.8, 4) is 0 Å². The van der Waals surface area contributed by atoms with Gasteiger partial charge in [-0.05, 0) is 37.5 Å². The van der Waals surface area contributed by atoms with Crippen LogP contribution in [0.25, 0.3) is 0 Å². The van der Waals surface area contributed by atoms with E-state index in [4.69, 9.17) is 14.5 Å². The topological polar surface area (TPSA) is 117 Å². The number of hydrogen-bond acceptors (Lipinski definition) is 8. The molecule has 352 valence electrons. The molecule has 11 heteroatoms. The van der Waals surface area contributed by atoms with E-state index in [1.165, 1.54) is 5.71 Å². The number of nitrogens with zero attached hydrogens (tertiary/aromatic N) is 3. The molecule has 4 rings (SSSR count). The van der Waals surface area contributed by atoms with Crippen molar-refractivity contribution in [1.82, 2.24) is 15.4 Å². The van der Waals surface area contributed by atoms with Gasteiger partial charge in [0, 0.05) is 80.7 Å². The summed E-state index contributed by atoms with van der Waals surface area (Å²) in [5.41, 5.74) is 1.86. The van der Waals surface area contributed by atoms with Gasteiger partial charge in [-0.3, -0.25) is 14.9 Å². The first-order chi connectivity index (χ1) is 26.1. The maximum Gasteiger partial charge on any atom is 0.235 e. The standard InChI is InChI=1S/C10H16N2O2.C7H13NO.C7H11NO.C5H11O.C4H9.2C3H6.4C2H6.2W/c1-7(2)4-12-5-10(6-12)3-8(13)11-9(10)14;2*1-5(2)7-4-6(3)9-8-7;1-4(2)5(3)6;1-4(2)3;2*1-3-2;4*1-2;;/h7H,3-6H2,1-2H3,(H,11,13,14);5-6H,4H2,1-3H3;4-5H,1-3H3;4-6H,3H2,1-2H3;4H,1H2,2-3H3;2*1-3H2;4*1-2H3;;/q;;;2*-1;2*-2;;;;;;. The number of nitrogens with one attached hydrogen (secondary N) is 1. The van der Waals surface area contributed by atoms with Gasteiger partial charge in [0.2, 0.25) is 11.8 Å². The summed E-state index contributed by atoms with van der Waals surface area (Å²) in [6.45, 7) is 63.7. The van der Waals surface area contributed by atoms with Crippen LogP contribution >= 0.6 is 0 Å². The van der Waals surface area contributed by atoms with E-state index in [2.05, 4.69) is 117 Å². The number of likely N-dealkylation sites (tertiary alicyclic amines) is 1. The van der Waals surface area contributed by atoms with E-state index in [0.29, 0.717) is 42.1 Å². The first kappa shape index (κ1) is 77.7. The maximum atomic E-state index is 11.5. The molecule has 9 nitrogen and oxygen atoms in total. The third-order valence-corrected chi connectivity index (χ3v) is 6.43. The summed E-state index contributed by atoms with van der Waals surface area (Å²) >= 11 is 0. The van der Waals surface area contributed by atoms with Crippen molar-refractivity contribution < 1.29 is 66.2 Å². The largest absolute Gasteiger partial charge is 0.425 e. The summed E-state index contributed by atoms with van der Waals surface area (Å²) in [6, 6.07) is 1.96. The SMILES string of the molecule is CC.CC.CC.CC.CC(C)CN1CC2(CC(=O)NC2=O)C1.CC1CC(C(C)C)=NO1.Cc1cc(C(C)C)no1.[CH2-]C(C)C.[CH2-]C(O)C(C)C.[CH2-]C[CH2-].[CH2-]C[CH2-].[W].[W]. The smallest absolute Gasteiger partial charge is 0.235 e. The Labute approximate surface area is 392 Å². The van der Waals surface area contributed by atoms with Gasteiger partial charge in [0.05, 0.1) is 16.8 Å². The fourth-order valence-corrected chi connectivity index (χ4v) is 3.93. The minimum atomic E-state index is -0.398. The Morgan fingerprint density at radius 3 is 1.38 bits per heavy atom. The van der Waals surface area contributed by atoms with Crippen LogP contribution in [0.15, 0.2) is 15.7 Å². The Morgan fingerprint density at radius 1 is 0.828 bits per heavy atom. The van der Waals surface area contributed by atoms with Crippen LogP contribution in [0.2, 0.25) is 0 Å². The van der Waals surface area contributed by atoms with E-state index in [1.54, 1.807) is 0 Å². The monoisotopic (exact) mass is 1160 g/mol.